The van der Waals surface area contributed by atoms with E-state index in [9.17, 15) is 18.0 Å². The van der Waals surface area contributed by atoms with Crippen molar-refractivity contribution < 1.29 is 18.0 Å². The molecule has 1 heterocycles. The molecule has 2 aromatic carbocycles. The fraction of sp³-hybridized carbons (Fsp3) is 0.300. The maximum absolute atomic E-state index is 12.6. The second kappa shape index (κ2) is 7.92. The van der Waals surface area contributed by atoms with Crippen LogP contribution < -0.4 is 5.32 Å². The lowest BCUT2D eigenvalue weighted by Gasteiger charge is -2.32. The van der Waals surface area contributed by atoms with E-state index in [4.69, 9.17) is 0 Å². The largest absolute Gasteiger partial charge is 0.349 e. The zero-order valence-corrected chi connectivity index (χ0v) is 15.9. The summed E-state index contributed by atoms with van der Waals surface area (Å²) in [4.78, 5) is 26.8. The molecule has 1 aliphatic heterocycles. The van der Waals surface area contributed by atoms with E-state index < -0.39 is 9.84 Å². The summed E-state index contributed by atoms with van der Waals surface area (Å²) >= 11 is 0. The van der Waals surface area contributed by atoms with Crippen molar-refractivity contribution in [1.29, 1.82) is 0 Å². The molecule has 1 N–H and O–H groups in total. The normalized spacial score (nSPS) is 15.4. The molecule has 7 heteroatoms. The molecule has 1 fully saturated rings. The molecule has 0 saturated carbocycles. The predicted molar refractivity (Wildman–Crippen MR) is 102 cm³/mol. The number of hydrogen-bond acceptors (Lipinski definition) is 4. The van der Waals surface area contributed by atoms with Gasteiger partial charge in [0.25, 0.3) is 11.8 Å². The molecular weight excluding hydrogens is 364 g/mol. The van der Waals surface area contributed by atoms with Gasteiger partial charge in [-0.2, -0.15) is 0 Å². The van der Waals surface area contributed by atoms with Crippen LogP contribution in [0.2, 0.25) is 0 Å². The summed E-state index contributed by atoms with van der Waals surface area (Å²) in [5, 5.41) is 3.01. The van der Waals surface area contributed by atoms with Crippen LogP contribution in [-0.4, -0.2) is 50.5 Å². The summed E-state index contributed by atoms with van der Waals surface area (Å²) < 4.78 is 23.0. The highest BCUT2D eigenvalue weighted by Gasteiger charge is 2.25. The Balaban J connectivity index is 1.55. The standard InChI is InChI=1S/C20H22N2O4S/c1-27(25,26)18-9-7-16(8-10-18)20(24)22-13-11-17(12-14-22)21-19(23)15-5-3-2-4-6-15/h2-10,17H,11-14H2,1H3,(H,21,23). The van der Waals surface area contributed by atoms with Gasteiger partial charge in [0.1, 0.15) is 0 Å². The molecule has 0 radical (unpaired) electrons. The van der Waals surface area contributed by atoms with Crippen LogP contribution in [0, 0.1) is 0 Å². The Morgan fingerprint density at radius 1 is 0.926 bits per heavy atom. The first-order valence-corrected chi connectivity index (χ1v) is 10.7. The number of benzene rings is 2. The number of amides is 2. The van der Waals surface area contributed by atoms with E-state index in [1.807, 2.05) is 18.2 Å². The summed E-state index contributed by atoms with van der Waals surface area (Å²) in [6, 6.07) is 15.1. The Labute approximate surface area is 159 Å². The number of carbonyl (C=O) groups is 2. The lowest BCUT2D eigenvalue weighted by molar-refractivity contribution is 0.0698. The molecule has 0 atom stereocenters. The van der Waals surface area contributed by atoms with Gasteiger partial charge in [-0.15, -0.1) is 0 Å². The summed E-state index contributed by atoms with van der Waals surface area (Å²) in [5.41, 5.74) is 1.09. The average Bonchev–Trinajstić information content (AvgIpc) is 2.68. The molecule has 0 spiro atoms. The first kappa shape index (κ1) is 19.1. The minimum Gasteiger partial charge on any atom is -0.349 e. The Morgan fingerprint density at radius 3 is 2.07 bits per heavy atom. The monoisotopic (exact) mass is 386 g/mol. The Hall–Kier alpha value is -2.67. The number of piperidine rings is 1. The van der Waals surface area contributed by atoms with E-state index in [1.165, 1.54) is 12.1 Å². The minimum absolute atomic E-state index is 0.0365. The van der Waals surface area contributed by atoms with Crippen LogP contribution in [0.25, 0.3) is 0 Å². The molecule has 142 valence electrons. The second-order valence-electron chi connectivity index (χ2n) is 6.70. The number of rotatable bonds is 4. The lowest BCUT2D eigenvalue weighted by atomic mass is 10.0. The first-order chi connectivity index (χ1) is 12.8. The third-order valence-corrected chi connectivity index (χ3v) is 5.81. The third kappa shape index (κ3) is 4.74. The molecule has 1 saturated heterocycles. The van der Waals surface area contributed by atoms with Gasteiger partial charge in [-0.1, -0.05) is 18.2 Å². The highest BCUT2D eigenvalue weighted by molar-refractivity contribution is 7.90. The topological polar surface area (TPSA) is 83.6 Å². The summed E-state index contributed by atoms with van der Waals surface area (Å²) in [7, 11) is -3.28. The maximum atomic E-state index is 12.6. The van der Waals surface area contributed by atoms with E-state index in [-0.39, 0.29) is 22.8 Å². The highest BCUT2D eigenvalue weighted by Crippen LogP contribution is 2.16. The minimum atomic E-state index is -3.28. The van der Waals surface area contributed by atoms with Gasteiger partial charge in [0, 0.05) is 36.5 Å². The number of likely N-dealkylation sites (tertiary alicyclic amines) is 1. The van der Waals surface area contributed by atoms with Crippen molar-refractivity contribution in [3.8, 4) is 0 Å². The molecular formula is C20H22N2O4S. The average molecular weight is 386 g/mol. The van der Waals surface area contributed by atoms with Crippen molar-refractivity contribution in [2.45, 2.75) is 23.8 Å². The fourth-order valence-electron chi connectivity index (χ4n) is 3.11. The molecule has 6 nitrogen and oxygen atoms in total. The molecule has 0 aliphatic carbocycles. The van der Waals surface area contributed by atoms with Gasteiger partial charge in [-0.05, 0) is 49.2 Å². The molecule has 2 amide bonds. The maximum Gasteiger partial charge on any atom is 0.253 e. The third-order valence-electron chi connectivity index (χ3n) is 4.68. The smallest absolute Gasteiger partial charge is 0.253 e. The van der Waals surface area contributed by atoms with Gasteiger partial charge < -0.3 is 10.2 Å². The van der Waals surface area contributed by atoms with Crippen LogP contribution in [-0.2, 0) is 9.84 Å². The number of nitrogens with zero attached hydrogens (tertiary/aromatic N) is 1. The van der Waals surface area contributed by atoms with Gasteiger partial charge in [-0.3, -0.25) is 9.59 Å². The zero-order chi connectivity index (χ0) is 19.4. The number of carbonyl (C=O) groups excluding carboxylic acids is 2. The fourth-order valence-corrected chi connectivity index (χ4v) is 3.74. The zero-order valence-electron chi connectivity index (χ0n) is 15.1. The molecule has 0 aromatic heterocycles. The van der Waals surface area contributed by atoms with Gasteiger partial charge in [0.05, 0.1) is 4.90 Å². The first-order valence-electron chi connectivity index (χ1n) is 8.80. The van der Waals surface area contributed by atoms with Gasteiger partial charge in [0.15, 0.2) is 9.84 Å². The van der Waals surface area contributed by atoms with Crippen LogP contribution in [0.3, 0.4) is 0 Å². The Kier molecular flexibility index (Phi) is 5.60. The summed E-state index contributed by atoms with van der Waals surface area (Å²) in [5.74, 6) is -0.223. The van der Waals surface area contributed by atoms with Crippen LogP contribution in [0.1, 0.15) is 33.6 Å². The number of sulfone groups is 1. The Morgan fingerprint density at radius 2 is 1.52 bits per heavy atom. The van der Waals surface area contributed by atoms with Crippen molar-refractivity contribution >= 4 is 21.7 Å². The number of nitrogens with one attached hydrogen (secondary N) is 1. The molecule has 3 rings (SSSR count). The van der Waals surface area contributed by atoms with E-state index in [2.05, 4.69) is 5.32 Å². The van der Waals surface area contributed by atoms with E-state index in [0.717, 1.165) is 6.26 Å². The van der Waals surface area contributed by atoms with Gasteiger partial charge in [0.2, 0.25) is 0 Å². The molecule has 0 unspecified atom stereocenters. The molecule has 2 aromatic rings. The summed E-state index contributed by atoms with van der Waals surface area (Å²) in [6.45, 7) is 1.10. The van der Waals surface area contributed by atoms with E-state index in [1.54, 1.807) is 29.2 Å². The highest BCUT2D eigenvalue weighted by atomic mass is 32.2. The van der Waals surface area contributed by atoms with Crippen LogP contribution >= 0.6 is 0 Å². The van der Waals surface area contributed by atoms with Crippen LogP contribution in [0.5, 0.6) is 0 Å². The Bertz CT molecular complexity index is 916. The van der Waals surface area contributed by atoms with Crippen molar-refractivity contribution in [3.63, 3.8) is 0 Å². The van der Waals surface area contributed by atoms with Gasteiger partial charge in [-0.25, -0.2) is 8.42 Å². The SMILES string of the molecule is CS(=O)(=O)c1ccc(C(=O)N2CCC(NC(=O)c3ccccc3)CC2)cc1. The summed E-state index contributed by atoms with van der Waals surface area (Å²) in [6.07, 6.45) is 2.51. The van der Waals surface area contributed by atoms with Gasteiger partial charge >= 0.3 is 0 Å². The van der Waals surface area contributed by atoms with Crippen molar-refractivity contribution in [1.82, 2.24) is 10.2 Å². The van der Waals surface area contributed by atoms with Crippen molar-refractivity contribution in [3.05, 3.63) is 65.7 Å². The quantitative estimate of drug-likeness (QED) is 0.872. The van der Waals surface area contributed by atoms with E-state index in [0.29, 0.717) is 37.1 Å². The van der Waals surface area contributed by atoms with Crippen molar-refractivity contribution in [2.75, 3.05) is 19.3 Å². The van der Waals surface area contributed by atoms with E-state index >= 15 is 0 Å². The lowest BCUT2D eigenvalue weighted by Crippen LogP contribution is -2.46. The molecule has 1 aliphatic rings. The molecule has 27 heavy (non-hydrogen) atoms. The molecule has 0 bridgehead atoms. The second-order valence-corrected chi connectivity index (χ2v) is 8.72. The number of hydrogen-bond donors (Lipinski definition) is 1. The van der Waals surface area contributed by atoms with Crippen LogP contribution in [0.15, 0.2) is 59.5 Å². The van der Waals surface area contributed by atoms with Crippen LogP contribution in [0.4, 0.5) is 0 Å². The predicted octanol–water partition coefficient (Wildman–Crippen LogP) is 2.12. The van der Waals surface area contributed by atoms with Crippen molar-refractivity contribution in [2.24, 2.45) is 0 Å².